The molecule has 5 nitrogen and oxygen atoms in total. The van der Waals surface area contributed by atoms with Crippen LogP contribution in [0.4, 0.5) is 5.69 Å². The molecule has 0 fully saturated rings. The van der Waals surface area contributed by atoms with Crippen molar-refractivity contribution in [3.05, 3.63) is 102 Å². The summed E-state index contributed by atoms with van der Waals surface area (Å²) in [4.78, 5) is 20.2. The van der Waals surface area contributed by atoms with Crippen LogP contribution >= 0.6 is 0 Å². The Hall–Kier alpha value is -4.12. The monoisotopic (exact) mass is 447 g/mol. The molecule has 1 aromatic heterocycles. The number of aromatic nitrogens is 2. The molecule has 0 radical (unpaired) electrons. The predicted molar refractivity (Wildman–Crippen MR) is 135 cm³/mol. The van der Waals surface area contributed by atoms with Crippen molar-refractivity contribution in [1.29, 1.82) is 0 Å². The van der Waals surface area contributed by atoms with E-state index in [1.165, 1.54) is 5.56 Å². The minimum absolute atomic E-state index is 0.0710. The van der Waals surface area contributed by atoms with E-state index < -0.39 is 0 Å². The van der Waals surface area contributed by atoms with Crippen molar-refractivity contribution in [3.8, 4) is 5.75 Å². The molecule has 4 aromatic carbocycles. The molecule has 2 heterocycles. The number of aryl methyl sites for hydroxylation is 1. The van der Waals surface area contributed by atoms with Gasteiger partial charge in [-0.1, -0.05) is 66.7 Å². The van der Waals surface area contributed by atoms with Gasteiger partial charge in [-0.2, -0.15) is 0 Å². The van der Waals surface area contributed by atoms with Crippen LogP contribution in [0.2, 0.25) is 0 Å². The molecule has 5 aromatic rings. The van der Waals surface area contributed by atoms with Gasteiger partial charge in [-0.25, -0.2) is 4.98 Å². The fourth-order valence-electron chi connectivity index (χ4n) is 4.89. The van der Waals surface area contributed by atoms with Crippen molar-refractivity contribution in [2.45, 2.75) is 26.0 Å². The van der Waals surface area contributed by atoms with E-state index in [4.69, 9.17) is 9.72 Å². The number of benzene rings is 4. The Labute approximate surface area is 198 Å². The molecule has 0 unspecified atom stereocenters. The number of rotatable bonds is 5. The number of carbonyl (C=O) groups excluding carboxylic acids is 1. The van der Waals surface area contributed by atoms with Gasteiger partial charge in [-0.05, 0) is 48.1 Å². The first-order chi connectivity index (χ1) is 16.8. The van der Waals surface area contributed by atoms with Gasteiger partial charge in [0.25, 0.3) is 0 Å². The summed E-state index contributed by atoms with van der Waals surface area (Å²) < 4.78 is 8.25. The average Bonchev–Trinajstić information content (AvgIpc) is 3.24. The SMILES string of the molecule is O=C(Cn1c(COc2cccc3ccccc23)nc2ccccc21)N1CCCc2ccccc21. The van der Waals surface area contributed by atoms with Crippen LogP contribution in [-0.4, -0.2) is 22.0 Å². The number of anilines is 1. The molecule has 1 aliphatic heterocycles. The fraction of sp³-hybridized carbons (Fsp3) is 0.172. The molecule has 0 saturated carbocycles. The van der Waals surface area contributed by atoms with Crippen molar-refractivity contribution in [2.24, 2.45) is 0 Å². The highest BCUT2D eigenvalue weighted by atomic mass is 16.5. The van der Waals surface area contributed by atoms with E-state index in [2.05, 4.69) is 24.3 Å². The second-order valence-corrected chi connectivity index (χ2v) is 8.65. The molecular formula is C29H25N3O2. The smallest absolute Gasteiger partial charge is 0.246 e. The second kappa shape index (κ2) is 8.67. The third-order valence-electron chi connectivity index (χ3n) is 6.54. The third-order valence-corrected chi connectivity index (χ3v) is 6.54. The van der Waals surface area contributed by atoms with Gasteiger partial charge in [0.1, 0.15) is 24.7 Å². The number of hydrogen-bond acceptors (Lipinski definition) is 3. The van der Waals surface area contributed by atoms with Crippen LogP contribution in [-0.2, 0) is 24.4 Å². The Kier molecular flexibility index (Phi) is 5.22. The van der Waals surface area contributed by atoms with Crippen molar-refractivity contribution in [3.63, 3.8) is 0 Å². The first-order valence-corrected chi connectivity index (χ1v) is 11.7. The molecule has 0 aliphatic carbocycles. The van der Waals surface area contributed by atoms with Gasteiger partial charge in [-0.15, -0.1) is 0 Å². The summed E-state index contributed by atoms with van der Waals surface area (Å²) in [6, 6.07) is 30.4. The van der Waals surface area contributed by atoms with Gasteiger partial charge >= 0.3 is 0 Å². The number of amides is 1. The Morgan fingerprint density at radius 1 is 0.882 bits per heavy atom. The highest BCUT2D eigenvalue weighted by molar-refractivity contribution is 5.95. The number of hydrogen-bond donors (Lipinski definition) is 0. The highest BCUT2D eigenvalue weighted by Crippen LogP contribution is 2.29. The van der Waals surface area contributed by atoms with Gasteiger partial charge < -0.3 is 14.2 Å². The minimum atomic E-state index is 0.0710. The number of para-hydroxylation sites is 3. The summed E-state index contributed by atoms with van der Waals surface area (Å²) >= 11 is 0. The van der Waals surface area contributed by atoms with Crippen molar-refractivity contribution in [1.82, 2.24) is 9.55 Å². The standard InChI is InChI=1S/C29H25N3O2/c33-29(31-18-8-12-22-10-2-5-15-25(22)31)19-32-26-16-6-4-14-24(26)30-28(32)20-34-27-17-7-11-21-9-1-3-13-23(21)27/h1-7,9-11,13-17H,8,12,18-20H2. The molecular weight excluding hydrogens is 422 g/mol. The number of nitrogens with zero attached hydrogens (tertiary/aromatic N) is 3. The molecule has 0 saturated heterocycles. The molecule has 0 atom stereocenters. The van der Waals surface area contributed by atoms with Crippen LogP contribution in [0.1, 0.15) is 17.8 Å². The maximum atomic E-state index is 13.5. The van der Waals surface area contributed by atoms with E-state index in [0.717, 1.165) is 58.5 Å². The number of carbonyl (C=O) groups is 1. The van der Waals surface area contributed by atoms with Gasteiger partial charge in [0.15, 0.2) is 0 Å². The van der Waals surface area contributed by atoms with E-state index in [1.807, 2.05) is 76.2 Å². The summed E-state index contributed by atoms with van der Waals surface area (Å²) in [5, 5.41) is 2.20. The minimum Gasteiger partial charge on any atom is -0.485 e. The lowest BCUT2D eigenvalue weighted by molar-refractivity contribution is -0.119. The van der Waals surface area contributed by atoms with Gasteiger partial charge in [0, 0.05) is 17.6 Å². The van der Waals surface area contributed by atoms with E-state index >= 15 is 0 Å². The Morgan fingerprint density at radius 2 is 1.68 bits per heavy atom. The Bertz CT molecular complexity index is 1500. The van der Waals surface area contributed by atoms with Gasteiger partial charge in [0.05, 0.1) is 11.0 Å². The van der Waals surface area contributed by atoms with Crippen LogP contribution in [0.25, 0.3) is 21.8 Å². The summed E-state index contributed by atoms with van der Waals surface area (Å²) in [5.41, 5.74) is 4.07. The molecule has 0 spiro atoms. The van der Waals surface area contributed by atoms with Crippen LogP contribution in [0.3, 0.4) is 0 Å². The lowest BCUT2D eigenvalue weighted by Crippen LogP contribution is -2.38. The summed E-state index contributed by atoms with van der Waals surface area (Å²) in [5.74, 6) is 1.63. The Morgan fingerprint density at radius 3 is 2.65 bits per heavy atom. The molecule has 1 aliphatic rings. The molecule has 6 rings (SSSR count). The molecule has 0 N–H and O–H groups in total. The molecule has 1 amide bonds. The quantitative estimate of drug-likeness (QED) is 0.345. The Balaban J connectivity index is 1.32. The highest BCUT2D eigenvalue weighted by Gasteiger charge is 2.24. The van der Waals surface area contributed by atoms with E-state index in [-0.39, 0.29) is 19.1 Å². The third kappa shape index (κ3) is 3.69. The average molecular weight is 448 g/mol. The van der Waals surface area contributed by atoms with Crippen LogP contribution < -0.4 is 9.64 Å². The van der Waals surface area contributed by atoms with Gasteiger partial charge in [0.2, 0.25) is 5.91 Å². The maximum Gasteiger partial charge on any atom is 0.246 e. The zero-order chi connectivity index (χ0) is 22.9. The lowest BCUT2D eigenvalue weighted by atomic mass is 10.0. The lowest BCUT2D eigenvalue weighted by Gasteiger charge is -2.29. The van der Waals surface area contributed by atoms with Gasteiger partial charge in [-0.3, -0.25) is 4.79 Å². The van der Waals surface area contributed by atoms with E-state index in [9.17, 15) is 4.79 Å². The zero-order valence-corrected chi connectivity index (χ0v) is 18.9. The maximum absolute atomic E-state index is 13.5. The molecule has 34 heavy (non-hydrogen) atoms. The first-order valence-electron chi connectivity index (χ1n) is 11.7. The molecule has 0 bridgehead atoms. The predicted octanol–water partition coefficient (Wildman–Crippen LogP) is 5.75. The number of fused-ring (bicyclic) bond motifs is 3. The fourth-order valence-corrected chi connectivity index (χ4v) is 4.89. The first kappa shape index (κ1) is 20.5. The largest absolute Gasteiger partial charge is 0.485 e. The van der Waals surface area contributed by atoms with E-state index in [1.54, 1.807) is 0 Å². The zero-order valence-electron chi connectivity index (χ0n) is 18.9. The summed E-state index contributed by atoms with van der Waals surface area (Å²) in [7, 11) is 0. The number of ether oxygens (including phenoxy) is 1. The molecule has 168 valence electrons. The topological polar surface area (TPSA) is 47.4 Å². The summed E-state index contributed by atoms with van der Waals surface area (Å²) in [6.07, 6.45) is 1.99. The van der Waals surface area contributed by atoms with Crippen LogP contribution in [0.15, 0.2) is 91.0 Å². The number of imidazole rings is 1. The second-order valence-electron chi connectivity index (χ2n) is 8.65. The normalized spacial score (nSPS) is 13.2. The van der Waals surface area contributed by atoms with Crippen LogP contribution in [0.5, 0.6) is 5.75 Å². The van der Waals surface area contributed by atoms with Crippen molar-refractivity contribution >= 4 is 33.4 Å². The summed E-state index contributed by atoms with van der Waals surface area (Å²) in [6.45, 7) is 1.25. The molecule has 5 heteroatoms. The van der Waals surface area contributed by atoms with Crippen molar-refractivity contribution in [2.75, 3.05) is 11.4 Å². The van der Waals surface area contributed by atoms with Crippen LogP contribution in [0, 0.1) is 0 Å². The van der Waals surface area contributed by atoms with E-state index in [0.29, 0.717) is 0 Å². The van der Waals surface area contributed by atoms with Crippen molar-refractivity contribution < 1.29 is 9.53 Å².